The summed E-state index contributed by atoms with van der Waals surface area (Å²) in [6.45, 7) is 10.1. The first-order valence-corrected chi connectivity index (χ1v) is 13.7. The standard InChI is InChI=1S/C28H54N2O/c1-4-28(3,5-2)21-20-26-31-25-19-17-15-13-11-9-7-6-8-10-12-14-16-18-23-30-24-22-29-27-30/h22,24,27H,4-21,23,25-26H2,1-3H3. The molecule has 0 atom stereocenters. The molecule has 1 heterocycles. The number of ether oxygens (including phenoxy) is 1. The van der Waals surface area contributed by atoms with Crippen LogP contribution in [0.3, 0.4) is 0 Å². The first kappa shape index (κ1) is 28.2. The normalized spacial score (nSPS) is 12.0. The van der Waals surface area contributed by atoms with Gasteiger partial charge in [0.05, 0.1) is 6.33 Å². The van der Waals surface area contributed by atoms with Crippen LogP contribution in [-0.2, 0) is 11.3 Å². The van der Waals surface area contributed by atoms with Crippen LogP contribution in [0.2, 0.25) is 0 Å². The molecule has 31 heavy (non-hydrogen) atoms. The molecule has 182 valence electrons. The van der Waals surface area contributed by atoms with Gasteiger partial charge in [0.15, 0.2) is 0 Å². The molecule has 0 unspecified atom stereocenters. The van der Waals surface area contributed by atoms with Crippen molar-refractivity contribution in [1.82, 2.24) is 9.55 Å². The number of nitrogens with zero attached hydrogens (tertiary/aromatic N) is 2. The van der Waals surface area contributed by atoms with Crippen molar-refractivity contribution in [1.29, 1.82) is 0 Å². The number of unbranched alkanes of at least 4 members (excludes halogenated alkanes) is 13. The molecule has 0 bridgehead atoms. The van der Waals surface area contributed by atoms with Gasteiger partial charge in [0, 0.05) is 32.2 Å². The Morgan fingerprint density at radius 1 is 0.677 bits per heavy atom. The summed E-state index contributed by atoms with van der Waals surface area (Å²) in [5, 5.41) is 0. The second-order valence-electron chi connectivity index (χ2n) is 9.98. The molecule has 0 spiro atoms. The summed E-state index contributed by atoms with van der Waals surface area (Å²) in [6.07, 6.45) is 30.5. The molecule has 1 aromatic rings. The summed E-state index contributed by atoms with van der Waals surface area (Å²) in [5.74, 6) is 0. The molecular weight excluding hydrogens is 380 g/mol. The SMILES string of the molecule is CCC(C)(CC)CCCOCCCCCCCCCCCCCCCCn1ccnc1. The third-order valence-corrected chi connectivity index (χ3v) is 7.29. The van der Waals surface area contributed by atoms with Gasteiger partial charge < -0.3 is 9.30 Å². The Hall–Kier alpha value is -0.830. The molecule has 0 saturated carbocycles. The predicted molar refractivity (Wildman–Crippen MR) is 136 cm³/mol. The number of rotatable bonds is 23. The Balaban J connectivity index is 1.69. The molecule has 0 aliphatic heterocycles. The van der Waals surface area contributed by atoms with Crippen LogP contribution in [0.15, 0.2) is 18.7 Å². The number of hydrogen-bond acceptors (Lipinski definition) is 2. The van der Waals surface area contributed by atoms with E-state index >= 15 is 0 Å². The van der Waals surface area contributed by atoms with Gasteiger partial charge >= 0.3 is 0 Å². The van der Waals surface area contributed by atoms with Gasteiger partial charge in [-0.3, -0.25) is 0 Å². The fraction of sp³-hybridized carbons (Fsp3) is 0.893. The van der Waals surface area contributed by atoms with Gasteiger partial charge in [-0.05, 0) is 31.1 Å². The average molecular weight is 435 g/mol. The van der Waals surface area contributed by atoms with Crippen LogP contribution in [0.25, 0.3) is 0 Å². The molecule has 0 aromatic carbocycles. The third-order valence-electron chi connectivity index (χ3n) is 7.29. The van der Waals surface area contributed by atoms with E-state index in [1.165, 1.54) is 116 Å². The second kappa shape index (κ2) is 19.8. The smallest absolute Gasteiger partial charge is 0.0945 e. The van der Waals surface area contributed by atoms with Crippen LogP contribution in [0.4, 0.5) is 0 Å². The highest BCUT2D eigenvalue weighted by Crippen LogP contribution is 2.30. The second-order valence-corrected chi connectivity index (χ2v) is 9.98. The minimum Gasteiger partial charge on any atom is -0.381 e. The molecular formula is C28H54N2O. The molecule has 0 aliphatic carbocycles. The van der Waals surface area contributed by atoms with E-state index < -0.39 is 0 Å². The molecule has 1 aromatic heterocycles. The topological polar surface area (TPSA) is 27.1 Å². The Morgan fingerprint density at radius 3 is 1.65 bits per heavy atom. The van der Waals surface area contributed by atoms with Crippen LogP contribution >= 0.6 is 0 Å². The summed E-state index contributed by atoms with van der Waals surface area (Å²) < 4.78 is 8.03. The van der Waals surface area contributed by atoms with E-state index in [0.717, 1.165) is 19.8 Å². The van der Waals surface area contributed by atoms with Crippen molar-refractivity contribution >= 4 is 0 Å². The number of aromatic nitrogens is 2. The summed E-state index contributed by atoms with van der Waals surface area (Å²) in [6, 6.07) is 0. The van der Waals surface area contributed by atoms with Crippen LogP contribution in [0.5, 0.6) is 0 Å². The highest BCUT2D eigenvalue weighted by molar-refractivity contribution is 4.73. The molecule has 0 N–H and O–H groups in total. The average Bonchev–Trinajstić information content (AvgIpc) is 3.31. The van der Waals surface area contributed by atoms with Crippen molar-refractivity contribution in [3.05, 3.63) is 18.7 Å². The third kappa shape index (κ3) is 16.5. The van der Waals surface area contributed by atoms with E-state index in [0.29, 0.717) is 5.41 Å². The lowest BCUT2D eigenvalue weighted by Crippen LogP contribution is -2.14. The highest BCUT2D eigenvalue weighted by atomic mass is 16.5. The number of imidazole rings is 1. The largest absolute Gasteiger partial charge is 0.381 e. The van der Waals surface area contributed by atoms with Crippen molar-refractivity contribution in [3.63, 3.8) is 0 Å². The molecule has 1 rings (SSSR count). The van der Waals surface area contributed by atoms with E-state index in [1.807, 2.05) is 12.5 Å². The highest BCUT2D eigenvalue weighted by Gasteiger charge is 2.18. The van der Waals surface area contributed by atoms with Gasteiger partial charge in [0.1, 0.15) is 0 Å². The Kier molecular flexibility index (Phi) is 18.0. The van der Waals surface area contributed by atoms with Gasteiger partial charge in [0.2, 0.25) is 0 Å². The van der Waals surface area contributed by atoms with Crippen molar-refractivity contribution in [2.75, 3.05) is 13.2 Å². The molecule has 0 radical (unpaired) electrons. The quantitative estimate of drug-likeness (QED) is 0.161. The van der Waals surface area contributed by atoms with Crippen molar-refractivity contribution in [3.8, 4) is 0 Å². The maximum Gasteiger partial charge on any atom is 0.0945 e. The zero-order valence-corrected chi connectivity index (χ0v) is 21.4. The van der Waals surface area contributed by atoms with Crippen molar-refractivity contribution in [2.24, 2.45) is 5.41 Å². The van der Waals surface area contributed by atoms with Gasteiger partial charge in [-0.25, -0.2) is 4.98 Å². The zero-order valence-electron chi connectivity index (χ0n) is 21.4. The number of aryl methyl sites for hydroxylation is 1. The first-order valence-electron chi connectivity index (χ1n) is 13.7. The molecule has 3 heteroatoms. The zero-order chi connectivity index (χ0) is 22.5. The van der Waals surface area contributed by atoms with Gasteiger partial charge in [-0.15, -0.1) is 0 Å². The maximum absolute atomic E-state index is 5.84. The summed E-state index contributed by atoms with van der Waals surface area (Å²) in [4.78, 5) is 4.09. The monoisotopic (exact) mass is 434 g/mol. The van der Waals surface area contributed by atoms with Gasteiger partial charge in [0.25, 0.3) is 0 Å². The Morgan fingerprint density at radius 2 is 1.16 bits per heavy atom. The molecule has 0 aliphatic rings. The van der Waals surface area contributed by atoms with Crippen molar-refractivity contribution in [2.45, 2.75) is 143 Å². The minimum atomic E-state index is 0.533. The summed E-state index contributed by atoms with van der Waals surface area (Å²) in [5.41, 5.74) is 0.533. The van der Waals surface area contributed by atoms with E-state index in [-0.39, 0.29) is 0 Å². The Bertz CT molecular complexity index is 467. The van der Waals surface area contributed by atoms with Crippen LogP contribution in [0, 0.1) is 5.41 Å². The number of hydrogen-bond donors (Lipinski definition) is 0. The van der Waals surface area contributed by atoms with E-state index in [9.17, 15) is 0 Å². The van der Waals surface area contributed by atoms with Crippen LogP contribution < -0.4 is 0 Å². The van der Waals surface area contributed by atoms with E-state index in [2.05, 4.69) is 36.5 Å². The molecule has 0 amide bonds. The summed E-state index contributed by atoms with van der Waals surface area (Å²) in [7, 11) is 0. The first-order chi connectivity index (χ1) is 15.2. The Labute approximate surface area is 194 Å². The molecule has 0 saturated heterocycles. The lowest BCUT2D eigenvalue weighted by Gasteiger charge is -2.26. The van der Waals surface area contributed by atoms with Gasteiger partial charge in [-0.2, -0.15) is 0 Å². The van der Waals surface area contributed by atoms with E-state index in [1.54, 1.807) is 0 Å². The fourth-order valence-corrected chi connectivity index (χ4v) is 4.35. The van der Waals surface area contributed by atoms with Crippen LogP contribution in [0.1, 0.15) is 136 Å². The van der Waals surface area contributed by atoms with E-state index in [4.69, 9.17) is 4.74 Å². The minimum absolute atomic E-state index is 0.533. The van der Waals surface area contributed by atoms with Gasteiger partial charge in [-0.1, -0.05) is 111 Å². The van der Waals surface area contributed by atoms with Crippen molar-refractivity contribution < 1.29 is 4.74 Å². The lowest BCUT2D eigenvalue weighted by molar-refractivity contribution is 0.113. The molecule has 3 nitrogen and oxygen atoms in total. The predicted octanol–water partition coefficient (Wildman–Crippen LogP) is 8.97. The maximum atomic E-state index is 5.84. The summed E-state index contributed by atoms with van der Waals surface area (Å²) >= 11 is 0. The lowest BCUT2D eigenvalue weighted by atomic mass is 9.80. The fourth-order valence-electron chi connectivity index (χ4n) is 4.35. The van der Waals surface area contributed by atoms with Crippen LogP contribution in [-0.4, -0.2) is 22.8 Å². The molecule has 0 fully saturated rings.